The first-order valence-corrected chi connectivity index (χ1v) is 6.20. The molecule has 2 heterocycles. The van der Waals surface area contributed by atoms with E-state index in [9.17, 15) is 0 Å². The Kier molecular flexibility index (Phi) is 3.33. The van der Waals surface area contributed by atoms with Crippen molar-refractivity contribution >= 4 is 33.0 Å². The van der Waals surface area contributed by atoms with Crippen molar-refractivity contribution in [3.05, 3.63) is 39.5 Å². The smallest absolute Gasteiger partial charge is 0.115 e. The highest BCUT2D eigenvalue weighted by atomic mass is 79.9. The molecule has 2 rings (SSSR count). The first-order chi connectivity index (χ1) is 7.27. The second kappa shape index (κ2) is 4.72. The molecule has 0 aromatic carbocycles. The molecule has 3 nitrogen and oxygen atoms in total. The summed E-state index contributed by atoms with van der Waals surface area (Å²) in [5.74, 6) is 0. The molecule has 1 unspecified atom stereocenters. The van der Waals surface area contributed by atoms with E-state index in [2.05, 4.69) is 38.1 Å². The maximum Gasteiger partial charge on any atom is 0.115 e. The zero-order valence-electron chi connectivity index (χ0n) is 8.14. The SMILES string of the molecule is CC(Nc1ccncc1Br)c1nccs1. The summed E-state index contributed by atoms with van der Waals surface area (Å²) in [4.78, 5) is 8.28. The third-order valence-corrected chi connectivity index (χ3v) is 3.56. The number of nitrogens with one attached hydrogen (secondary N) is 1. The number of aromatic nitrogens is 2. The van der Waals surface area contributed by atoms with Crippen LogP contribution in [0.2, 0.25) is 0 Å². The van der Waals surface area contributed by atoms with Gasteiger partial charge in [0.05, 0.1) is 16.2 Å². The molecule has 0 spiro atoms. The van der Waals surface area contributed by atoms with Crippen LogP contribution in [0.1, 0.15) is 18.0 Å². The Bertz CT molecular complexity index is 430. The molecule has 0 aliphatic carbocycles. The lowest BCUT2D eigenvalue weighted by atomic mass is 10.3. The van der Waals surface area contributed by atoms with Crippen molar-refractivity contribution in [2.45, 2.75) is 13.0 Å². The molecule has 1 N–H and O–H groups in total. The van der Waals surface area contributed by atoms with Crippen molar-refractivity contribution in [2.75, 3.05) is 5.32 Å². The van der Waals surface area contributed by atoms with Gasteiger partial charge in [-0.25, -0.2) is 4.98 Å². The Morgan fingerprint density at radius 3 is 3.00 bits per heavy atom. The van der Waals surface area contributed by atoms with Gasteiger partial charge in [-0.15, -0.1) is 11.3 Å². The predicted octanol–water partition coefficient (Wildman–Crippen LogP) is 3.47. The molecule has 0 radical (unpaired) electrons. The fourth-order valence-corrected chi connectivity index (χ4v) is 2.25. The van der Waals surface area contributed by atoms with Crippen LogP contribution in [0.4, 0.5) is 5.69 Å². The molecule has 5 heteroatoms. The molecule has 1 atom stereocenters. The van der Waals surface area contributed by atoms with Crippen LogP contribution < -0.4 is 5.32 Å². The Labute approximate surface area is 101 Å². The average molecular weight is 284 g/mol. The summed E-state index contributed by atoms with van der Waals surface area (Å²) in [5, 5.41) is 6.44. The summed E-state index contributed by atoms with van der Waals surface area (Å²) >= 11 is 5.10. The maximum atomic E-state index is 4.27. The quantitative estimate of drug-likeness (QED) is 0.937. The van der Waals surface area contributed by atoms with E-state index in [1.165, 1.54) is 0 Å². The zero-order valence-corrected chi connectivity index (χ0v) is 10.5. The largest absolute Gasteiger partial charge is 0.375 e. The van der Waals surface area contributed by atoms with Gasteiger partial charge < -0.3 is 5.32 Å². The van der Waals surface area contributed by atoms with Crippen LogP contribution in [-0.4, -0.2) is 9.97 Å². The van der Waals surface area contributed by atoms with E-state index in [0.29, 0.717) is 0 Å². The zero-order chi connectivity index (χ0) is 10.7. The molecule has 2 aromatic rings. The number of halogens is 1. The fourth-order valence-electron chi connectivity index (χ4n) is 1.24. The van der Waals surface area contributed by atoms with Gasteiger partial charge in [0.15, 0.2) is 0 Å². The number of anilines is 1. The van der Waals surface area contributed by atoms with Crippen molar-refractivity contribution in [3.63, 3.8) is 0 Å². The van der Waals surface area contributed by atoms with Gasteiger partial charge >= 0.3 is 0 Å². The maximum absolute atomic E-state index is 4.27. The first-order valence-electron chi connectivity index (χ1n) is 4.53. The van der Waals surface area contributed by atoms with Gasteiger partial charge in [-0.2, -0.15) is 0 Å². The molecule has 78 valence electrons. The molecule has 15 heavy (non-hydrogen) atoms. The lowest BCUT2D eigenvalue weighted by Crippen LogP contribution is -2.06. The third kappa shape index (κ3) is 2.54. The Hall–Kier alpha value is -0.940. The second-order valence-corrected chi connectivity index (χ2v) is 4.87. The van der Waals surface area contributed by atoms with Gasteiger partial charge in [-0.1, -0.05) is 0 Å². The average Bonchev–Trinajstić information content (AvgIpc) is 2.74. The summed E-state index contributed by atoms with van der Waals surface area (Å²) in [5.41, 5.74) is 1.03. The van der Waals surface area contributed by atoms with Crippen LogP contribution in [0, 0.1) is 0 Å². The van der Waals surface area contributed by atoms with E-state index in [4.69, 9.17) is 0 Å². The standard InChI is InChI=1S/C10H10BrN3S/c1-7(10-13-4-5-15-10)14-9-2-3-12-6-8(9)11/h2-7H,1H3,(H,12,14). The molecule has 0 saturated carbocycles. The summed E-state index contributed by atoms with van der Waals surface area (Å²) in [6, 6.07) is 2.15. The monoisotopic (exact) mass is 283 g/mol. The van der Waals surface area contributed by atoms with Crippen LogP contribution >= 0.6 is 27.3 Å². The predicted molar refractivity (Wildman–Crippen MR) is 66.1 cm³/mol. The molecule has 0 amide bonds. The van der Waals surface area contributed by atoms with E-state index in [1.807, 2.05) is 17.6 Å². The van der Waals surface area contributed by atoms with Crippen molar-refractivity contribution in [1.29, 1.82) is 0 Å². The highest BCUT2D eigenvalue weighted by molar-refractivity contribution is 9.10. The van der Waals surface area contributed by atoms with Crippen LogP contribution in [0.5, 0.6) is 0 Å². The second-order valence-electron chi connectivity index (χ2n) is 3.09. The lowest BCUT2D eigenvalue weighted by molar-refractivity contribution is 0.868. The molecule has 0 aliphatic rings. The van der Waals surface area contributed by atoms with E-state index < -0.39 is 0 Å². The van der Waals surface area contributed by atoms with Gasteiger partial charge in [0.25, 0.3) is 0 Å². The number of thiazole rings is 1. The lowest BCUT2D eigenvalue weighted by Gasteiger charge is -2.13. The third-order valence-electron chi connectivity index (χ3n) is 1.97. The van der Waals surface area contributed by atoms with Crippen LogP contribution in [0.3, 0.4) is 0 Å². The van der Waals surface area contributed by atoms with Gasteiger partial charge in [-0.3, -0.25) is 4.98 Å². The van der Waals surface area contributed by atoms with Crippen molar-refractivity contribution < 1.29 is 0 Å². The normalized spacial score (nSPS) is 12.4. The number of hydrogen-bond acceptors (Lipinski definition) is 4. The van der Waals surface area contributed by atoms with Gasteiger partial charge in [0.2, 0.25) is 0 Å². The minimum absolute atomic E-state index is 0.212. The summed E-state index contributed by atoms with van der Waals surface area (Å²) in [7, 11) is 0. The van der Waals surface area contributed by atoms with Crippen molar-refractivity contribution in [1.82, 2.24) is 9.97 Å². The fraction of sp³-hybridized carbons (Fsp3) is 0.200. The summed E-state index contributed by atoms with van der Waals surface area (Å²) in [6.07, 6.45) is 5.36. The highest BCUT2D eigenvalue weighted by Crippen LogP contribution is 2.25. The summed E-state index contributed by atoms with van der Waals surface area (Å²) in [6.45, 7) is 2.09. The van der Waals surface area contributed by atoms with E-state index in [0.717, 1.165) is 15.2 Å². The molecule has 0 saturated heterocycles. The van der Waals surface area contributed by atoms with Gasteiger partial charge in [-0.05, 0) is 28.9 Å². The van der Waals surface area contributed by atoms with E-state index in [-0.39, 0.29) is 6.04 Å². The Balaban J connectivity index is 2.13. The molecular weight excluding hydrogens is 274 g/mol. The Morgan fingerprint density at radius 1 is 1.47 bits per heavy atom. The minimum Gasteiger partial charge on any atom is -0.375 e. The number of hydrogen-bond donors (Lipinski definition) is 1. The summed E-state index contributed by atoms with van der Waals surface area (Å²) < 4.78 is 0.966. The highest BCUT2D eigenvalue weighted by Gasteiger charge is 2.08. The van der Waals surface area contributed by atoms with E-state index >= 15 is 0 Å². The number of nitrogens with zero attached hydrogens (tertiary/aromatic N) is 2. The van der Waals surface area contributed by atoms with Crippen LogP contribution in [-0.2, 0) is 0 Å². The first kappa shape index (κ1) is 10.6. The Morgan fingerprint density at radius 2 is 2.33 bits per heavy atom. The van der Waals surface area contributed by atoms with Gasteiger partial charge in [0, 0.05) is 24.0 Å². The topological polar surface area (TPSA) is 37.8 Å². The van der Waals surface area contributed by atoms with E-state index in [1.54, 1.807) is 23.7 Å². The molecule has 0 bridgehead atoms. The molecular formula is C10H10BrN3S. The minimum atomic E-state index is 0.212. The van der Waals surface area contributed by atoms with Crippen molar-refractivity contribution in [2.24, 2.45) is 0 Å². The van der Waals surface area contributed by atoms with Crippen molar-refractivity contribution in [3.8, 4) is 0 Å². The van der Waals surface area contributed by atoms with Crippen LogP contribution in [0.25, 0.3) is 0 Å². The number of pyridine rings is 1. The molecule has 2 aromatic heterocycles. The van der Waals surface area contributed by atoms with Crippen LogP contribution in [0.15, 0.2) is 34.5 Å². The molecule has 0 fully saturated rings. The number of rotatable bonds is 3. The molecule has 0 aliphatic heterocycles. The van der Waals surface area contributed by atoms with Gasteiger partial charge in [0.1, 0.15) is 5.01 Å².